The molecule has 0 saturated heterocycles. The molecule has 1 atom stereocenters. The number of rotatable bonds is 6. The van der Waals surface area contributed by atoms with Crippen LogP contribution in [0.25, 0.3) is 22.5 Å². The lowest BCUT2D eigenvalue weighted by molar-refractivity contribution is 0.319. The summed E-state index contributed by atoms with van der Waals surface area (Å²) in [5.41, 5.74) is 6.04. The first-order chi connectivity index (χ1) is 16.6. The predicted molar refractivity (Wildman–Crippen MR) is 133 cm³/mol. The fourth-order valence-electron chi connectivity index (χ4n) is 4.92. The molecule has 174 valence electrons. The smallest absolute Gasteiger partial charge is 0.123 e. The van der Waals surface area contributed by atoms with E-state index in [2.05, 4.69) is 27.3 Å². The van der Waals surface area contributed by atoms with Crippen LogP contribution in [-0.2, 0) is 0 Å². The van der Waals surface area contributed by atoms with E-state index in [-0.39, 0.29) is 11.9 Å². The fraction of sp³-hybridized carbons (Fsp3) is 0.296. The van der Waals surface area contributed by atoms with E-state index in [9.17, 15) is 4.39 Å². The summed E-state index contributed by atoms with van der Waals surface area (Å²) in [5.74, 6) is 0.172. The molecule has 0 unspecified atom stereocenters. The lowest BCUT2D eigenvalue weighted by Crippen LogP contribution is -2.34. The van der Waals surface area contributed by atoms with Crippen molar-refractivity contribution >= 4 is 11.6 Å². The van der Waals surface area contributed by atoms with Crippen LogP contribution >= 0.6 is 11.6 Å². The second-order valence-electron chi connectivity index (χ2n) is 8.95. The van der Waals surface area contributed by atoms with Gasteiger partial charge < -0.3 is 5.32 Å². The van der Waals surface area contributed by atoms with Gasteiger partial charge in [-0.1, -0.05) is 35.9 Å². The number of hydrogen-bond acceptors (Lipinski definition) is 4. The van der Waals surface area contributed by atoms with Gasteiger partial charge in [-0.3, -0.25) is 5.10 Å². The molecule has 0 spiro atoms. The maximum Gasteiger partial charge on any atom is 0.123 e. The summed E-state index contributed by atoms with van der Waals surface area (Å²) >= 11 is 6.11. The molecule has 2 aromatic carbocycles. The van der Waals surface area contributed by atoms with Crippen molar-refractivity contribution in [2.45, 2.75) is 50.6 Å². The number of aromatic amines is 1. The van der Waals surface area contributed by atoms with Crippen LogP contribution < -0.4 is 5.32 Å². The Labute approximate surface area is 203 Å². The molecule has 7 heteroatoms. The highest BCUT2D eigenvalue weighted by Crippen LogP contribution is 2.41. The minimum absolute atomic E-state index is 0.183. The van der Waals surface area contributed by atoms with Crippen molar-refractivity contribution in [3.8, 4) is 22.5 Å². The predicted octanol–water partition coefficient (Wildman–Crippen LogP) is 6.70. The number of hydrogen-bond donors (Lipinski definition) is 2. The monoisotopic (exact) mass is 475 g/mol. The fourth-order valence-corrected chi connectivity index (χ4v) is 5.04. The highest BCUT2D eigenvalue weighted by molar-refractivity contribution is 6.30. The van der Waals surface area contributed by atoms with Gasteiger partial charge in [-0.2, -0.15) is 5.10 Å². The molecule has 1 saturated carbocycles. The summed E-state index contributed by atoms with van der Waals surface area (Å²) in [4.78, 5) is 8.63. The molecule has 34 heavy (non-hydrogen) atoms. The second kappa shape index (κ2) is 10.0. The van der Waals surface area contributed by atoms with Gasteiger partial charge in [0.05, 0.1) is 5.69 Å². The van der Waals surface area contributed by atoms with Crippen molar-refractivity contribution in [1.29, 1.82) is 0 Å². The van der Waals surface area contributed by atoms with Crippen LogP contribution in [0.15, 0.2) is 67.1 Å². The molecular formula is C27H27ClFN5. The maximum atomic E-state index is 13.3. The molecule has 2 aromatic heterocycles. The summed E-state index contributed by atoms with van der Waals surface area (Å²) in [6.45, 7) is 2.14. The Morgan fingerprint density at radius 1 is 1.00 bits per heavy atom. The van der Waals surface area contributed by atoms with Crippen molar-refractivity contribution in [2.75, 3.05) is 0 Å². The highest BCUT2D eigenvalue weighted by atomic mass is 35.5. The minimum Gasteiger partial charge on any atom is -0.307 e. The first-order valence-corrected chi connectivity index (χ1v) is 12.1. The minimum atomic E-state index is -0.200. The number of halogens is 2. The van der Waals surface area contributed by atoms with Gasteiger partial charge in [-0.15, -0.1) is 0 Å². The molecule has 4 aromatic rings. The molecule has 1 aliphatic carbocycles. The molecule has 1 fully saturated rings. The Kier molecular flexibility index (Phi) is 6.70. The zero-order valence-electron chi connectivity index (χ0n) is 19.0. The van der Waals surface area contributed by atoms with Crippen LogP contribution in [0.3, 0.4) is 0 Å². The zero-order chi connectivity index (χ0) is 23.5. The van der Waals surface area contributed by atoms with Crippen LogP contribution in [0.5, 0.6) is 0 Å². The van der Waals surface area contributed by atoms with Gasteiger partial charge >= 0.3 is 0 Å². The van der Waals surface area contributed by atoms with E-state index in [1.807, 2.05) is 42.5 Å². The zero-order valence-corrected chi connectivity index (χ0v) is 19.8. The molecule has 2 N–H and O–H groups in total. The van der Waals surface area contributed by atoms with E-state index in [0.717, 1.165) is 59.5 Å². The molecule has 1 aliphatic rings. The SMILES string of the molecule is C[C@@H](NC1CCC(c2[nH]nc(-c3ccc(Cl)cc3)c2-c2ccncn2)CC1)c1ccc(F)cc1. The van der Waals surface area contributed by atoms with Gasteiger partial charge in [-0.25, -0.2) is 14.4 Å². The molecule has 5 rings (SSSR count). The van der Waals surface area contributed by atoms with E-state index >= 15 is 0 Å². The van der Waals surface area contributed by atoms with E-state index in [0.29, 0.717) is 17.0 Å². The third-order valence-electron chi connectivity index (χ3n) is 6.74. The van der Waals surface area contributed by atoms with Gasteiger partial charge in [0.15, 0.2) is 0 Å². The van der Waals surface area contributed by atoms with E-state index in [1.165, 1.54) is 12.1 Å². The Balaban J connectivity index is 1.34. The highest BCUT2D eigenvalue weighted by Gasteiger charge is 2.29. The number of nitrogens with zero attached hydrogens (tertiary/aromatic N) is 3. The lowest BCUT2D eigenvalue weighted by Gasteiger charge is -2.31. The Bertz CT molecular complexity index is 1220. The number of benzene rings is 2. The summed E-state index contributed by atoms with van der Waals surface area (Å²) < 4.78 is 13.3. The van der Waals surface area contributed by atoms with Gasteiger partial charge in [0.25, 0.3) is 0 Å². The quantitative estimate of drug-likeness (QED) is 0.325. The first-order valence-electron chi connectivity index (χ1n) is 11.7. The summed E-state index contributed by atoms with van der Waals surface area (Å²) in [6, 6.07) is 17.1. The van der Waals surface area contributed by atoms with Crippen molar-refractivity contribution in [2.24, 2.45) is 0 Å². The van der Waals surface area contributed by atoms with E-state index < -0.39 is 0 Å². The molecule has 0 radical (unpaired) electrons. The number of aromatic nitrogens is 4. The molecule has 5 nitrogen and oxygen atoms in total. The Hall–Kier alpha value is -3.09. The van der Waals surface area contributed by atoms with Crippen LogP contribution in [0.2, 0.25) is 5.02 Å². The van der Waals surface area contributed by atoms with Gasteiger partial charge in [-0.05, 0) is 68.5 Å². The average Bonchev–Trinajstić information content (AvgIpc) is 3.31. The topological polar surface area (TPSA) is 66.5 Å². The van der Waals surface area contributed by atoms with Crippen molar-refractivity contribution in [3.63, 3.8) is 0 Å². The van der Waals surface area contributed by atoms with Crippen molar-refractivity contribution < 1.29 is 4.39 Å². The van der Waals surface area contributed by atoms with E-state index in [4.69, 9.17) is 16.7 Å². The van der Waals surface area contributed by atoms with Gasteiger partial charge in [0.2, 0.25) is 0 Å². The summed E-state index contributed by atoms with van der Waals surface area (Å²) in [5, 5.41) is 12.5. The molecular weight excluding hydrogens is 449 g/mol. The average molecular weight is 476 g/mol. The summed E-state index contributed by atoms with van der Waals surface area (Å²) in [7, 11) is 0. The van der Waals surface area contributed by atoms with E-state index in [1.54, 1.807) is 12.5 Å². The lowest BCUT2D eigenvalue weighted by atomic mass is 9.81. The third-order valence-corrected chi connectivity index (χ3v) is 6.99. The van der Waals surface area contributed by atoms with Gasteiger partial charge in [0.1, 0.15) is 17.8 Å². The molecule has 0 aliphatic heterocycles. The maximum absolute atomic E-state index is 13.3. The molecule has 2 heterocycles. The second-order valence-corrected chi connectivity index (χ2v) is 9.39. The van der Waals surface area contributed by atoms with Crippen LogP contribution in [-0.4, -0.2) is 26.2 Å². The first kappa shape index (κ1) is 22.7. The number of H-pyrrole nitrogens is 1. The van der Waals surface area contributed by atoms with Crippen LogP contribution in [0.4, 0.5) is 4.39 Å². The Morgan fingerprint density at radius 3 is 2.41 bits per heavy atom. The standard InChI is InChI=1S/C27H27ClFN5/c1-17(18-4-10-22(29)11-5-18)32-23-12-6-20(7-13-23)27-25(24-14-15-30-16-31-24)26(33-34-27)19-2-8-21(28)9-3-19/h2-5,8-11,14-17,20,23,32H,6-7,12-13H2,1H3,(H,33,34)/t17-,20?,23?/m1/s1. The summed E-state index contributed by atoms with van der Waals surface area (Å²) in [6.07, 6.45) is 7.57. The third kappa shape index (κ3) is 4.88. The molecule has 0 bridgehead atoms. The van der Waals surface area contributed by atoms with Crippen molar-refractivity contribution in [3.05, 3.63) is 89.2 Å². The van der Waals surface area contributed by atoms with Crippen molar-refractivity contribution in [1.82, 2.24) is 25.5 Å². The Morgan fingerprint density at radius 2 is 1.74 bits per heavy atom. The molecule has 0 amide bonds. The van der Waals surface area contributed by atoms with Crippen LogP contribution in [0.1, 0.15) is 55.8 Å². The number of nitrogens with one attached hydrogen (secondary N) is 2. The largest absolute Gasteiger partial charge is 0.307 e. The van der Waals surface area contributed by atoms with Crippen LogP contribution in [0, 0.1) is 5.82 Å². The van der Waals surface area contributed by atoms with Gasteiger partial charge in [0, 0.05) is 46.0 Å². The normalized spacial score (nSPS) is 19.1.